The van der Waals surface area contributed by atoms with Crippen molar-refractivity contribution in [1.29, 1.82) is 0 Å². The first-order valence-corrected chi connectivity index (χ1v) is 8.32. The third-order valence-electron chi connectivity index (χ3n) is 3.77. The number of rotatable bonds is 3. The topological polar surface area (TPSA) is 72.4 Å². The third-order valence-corrected chi connectivity index (χ3v) is 4.92. The van der Waals surface area contributed by atoms with Crippen LogP contribution < -0.4 is 5.32 Å². The van der Waals surface area contributed by atoms with Crippen LogP contribution in [0.5, 0.6) is 0 Å². The molecule has 0 aliphatic heterocycles. The van der Waals surface area contributed by atoms with Gasteiger partial charge < -0.3 is 4.52 Å². The van der Waals surface area contributed by atoms with E-state index in [1.165, 1.54) is 23.5 Å². The first-order valence-electron chi connectivity index (χ1n) is 7.50. The van der Waals surface area contributed by atoms with E-state index in [-0.39, 0.29) is 11.7 Å². The van der Waals surface area contributed by atoms with Crippen LogP contribution in [0, 0.1) is 19.7 Å². The summed E-state index contributed by atoms with van der Waals surface area (Å²) in [5.41, 5.74) is 3.01. The zero-order chi connectivity index (χ0) is 17.6. The molecule has 0 fully saturated rings. The van der Waals surface area contributed by atoms with Gasteiger partial charge in [-0.15, -0.1) is 0 Å². The molecule has 0 aliphatic rings. The summed E-state index contributed by atoms with van der Waals surface area (Å²) in [5, 5.41) is 6.42. The number of hydrogen-bond acceptors (Lipinski definition) is 5. The highest BCUT2D eigenvalue weighted by Crippen LogP contribution is 2.28. The highest BCUT2D eigenvalue weighted by molar-refractivity contribution is 7.19. The Morgan fingerprint density at radius 1 is 1.28 bits per heavy atom. The van der Waals surface area contributed by atoms with Gasteiger partial charge in [0.2, 0.25) is 5.88 Å². The van der Waals surface area contributed by atoms with Crippen LogP contribution in [0.25, 0.3) is 16.2 Å². The van der Waals surface area contributed by atoms with Crippen molar-refractivity contribution in [2.24, 2.45) is 0 Å². The van der Waals surface area contributed by atoms with Crippen LogP contribution in [0.4, 0.5) is 10.3 Å². The summed E-state index contributed by atoms with van der Waals surface area (Å²) in [6.45, 7) is 3.63. The fourth-order valence-electron chi connectivity index (χ4n) is 2.51. The second kappa shape index (κ2) is 5.82. The lowest BCUT2D eigenvalue weighted by Gasteiger charge is -2.00. The van der Waals surface area contributed by atoms with E-state index in [0.29, 0.717) is 21.4 Å². The number of carbonyl (C=O) groups is 1. The van der Waals surface area contributed by atoms with Gasteiger partial charge in [-0.3, -0.25) is 14.5 Å². The van der Waals surface area contributed by atoms with Crippen LogP contribution in [0.2, 0.25) is 0 Å². The summed E-state index contributed by atoms with van der Waals surface area (Å²) in [7, 11) is 0. The maximum atomic E-state index is 13.1. The van der Waals surface area contributed by atoms with E-state index in [0.717, 1.165) is 17.0 Å². The zero-order valence-electron chi connectivity index (χ0n) is 13.4. The van der Waals surface area contributed by atoms with E-state index >= 15 is 0 Å². The number of hydrogen-bond donors (Lipinski definition) is 1. The molecular formula is C17H13FN4O2S. The van der Waals surface area contributed by atoms with Gasteiger partial charge in [0.05, 0.1) is 11.4 Å². The SMILES string of the molecule is Cc1cc(NC(=O)c2sc3nc(-c4ccc(F)cc4)cn3c2C)on1. The molecule has 0 saturated heterocycles. The van der Waals surface area contributed by atoms with Crippen LogP contribution in [-0.4, -0.2) is 20.4 Å². The molecule has 4 aromatic rings. The van der Waals surface area contributed by atoms with Crippen molar-refractivity contribution < 1.29 is 13.7 Å². The molecule has 6 nitrogen and oxygen atoms in total. The number of aryl methyl sites for hydroxylation is 2. The minimum Gasteiger partial charge on any atom is -0.338 e. The fourth-order valence-corrected chi connectivity index (χ4v) is 3.52. The molecule has 4 rings (SSSR count). The summed E-state index contributed by atoms with van der Waals surface area (Å²) in [6, 6.07) is 7.80. The number of nitrogens with zero attached hydrogens (tertiary/aromatic N) is 3. The summed E-state index contributed by atoms with van der Waals surface area (Å²) in [6.07, 6.45) is 1.84. The van der Waals surface area contributed by atoms with E-state index in [4.69, 9.17) is 4.52 Å². The van der Waals surface area contributed by atoms with E-state index < -0.39 is 0 Å². The van der Waals surface area contributed by atoms with Crippen molar-refractivity contribution in [3.8, 4) is 11.3 Å². The summed E-state index contributed by atoms with van der Waals surface area (Å²) in [4.78, 5) is 18.2. The second-order valence-electron chi connectivity index (χ2n) is 5.59. The Balaban J connectivity index is 1.65. The molecule has 3 heterocycles. The molecule has 1 amide bonds. The van der Waals surface area contributed by atoms with Crippen molar-refractivity contribution in [2.75, 3.05) is 5.32 Å². The zero-order valence-corrected chi connectivity index (χ0v) is 14.2. The molecule has 126 valence electrons. The van der Waals surface area contributed by atoms with Gasteiger partial charge in [0.25, 0.3) is 5.91 Å². The molecule has 3 aromatic heterocycles. The van der Waals surface area contributed by atoms with Crippen LogP contribution in [0.1, 0.15) is 21.1 Å². The number of imidazole rings is 1. The lowest BCUT2D eigenvalue weighted by Crippen LogP contribution is -2.11. The van der Waals surface area contributed by atoms with E-state index in [1.54, 1.807) is 25.1 Å². The van der Waals surface area contributed by atoms with Gasteiger partial charge in [-0.05, 0) is 38.1 Å². The first kappa shape index (κ1) is 15.5. The molecule has 0 aliphatic carbocycles. The highest BCUT2D eigenvalue weighted by atomic mass is 32.1. The van der Waals surface area contributed by atoms with Crippen molar-refractivity contribution in [3.05, 3.63) is 58.6 Å². The van der Waals surface area contributed by atoms with Gasteiger partial charge in [-0.1, -0.05) is 16.5 Å². The number of carbonyl (C=O) groups excluding carboxylic acids is 1. The van der Waals surface area contributed by atoms with Crippen LogP contribution >= 0.6 is 11.3 Å². The Kier molecular flexibility index (Phi) is 3.61. The van der Waals surface area contributed by atoms with Crippen molar-refractivity contribution in [2.45, 2.75) is 13.8 Å². The van der Waals surface area contributed by atoms with E-state index in [2.05, 4.69) is 15.5 Å². The molecule has 0 bridgehead atoms. The van der Waals surface area contributed by atoms with Crippen molar-refractivity contribution in [3.63, 3.8) is 0 Å². The van der Waals surface area contributed by atoms with Crippen LogP contribution in [0.3, 0.4) is 0 Å². The molecule has 0 spiro atoms. The molecule has 1 aromatic carbocycles. The Bertz CT molecular complexity index is 1080. The predicted octanol–water partition coefficient (Wildman–Crippen LogP) is 4.06. The lowest BCUT2D eigenvalue weighted by molar-refractivity contribution is 0.102. The number of halogens is 1. The predicted molar refractivity (Wildman–Crippen MR) is 92.4 cm³/mol. The number of thiazole rings is 1. The number of nitrogens with one attached hydrogen (secondary N) is 1. The molecule has 0 saturated carbocycles. The van der Waals surface area contributed by atoms with Crippen molar-refractivity contribution >= 4 is 28.1 Å². The smallest absolute Gasteiger partial charge is 0.270 e. The van der Waals surface area contributed by atoms with Gasteiger partial charge in [-0.2, -0.15) is 0 Å². The fraction of sp³-hybridized carbons (Fsp3) is 0.118. The number of benzene rings is 1. The molecular weight excluding hydrogens is 343 g/mol. The molecule has 0 radical (unpaired) electrons. The highest BCUT2D eigenvalue weighted by Gasteiger charge is 2.19. The lowest BCUT2D eigenvalue weighted by atomic mass is 10.2. The first-order chi connectivity index (χ1) is 12.0. The number of fused-ring (bicyclic) bond motifs is 1. The van der Waals surface area contributed by atoms with E-state index in [9.17, 15) is 9.18 Å². The van der Waals surface area contributed by atoms with Crippen molar-refractivity contribution in [1.82, 2.24) is 14.5 Å². The minimum absolute atomic E-state index is 0.271. The monoisotopic (exact) mass is 356 g/mol. The Labute approximate surface area is 145 Å². The minimum atomic E-state index is -0.289. The van der Waals surface area contributed by atoms with Gasteiger partial charge in [0.15, 0.2) is 4.96 Å². The molecule has 0 unspecified atom stereocenters. The summed E-state index contributed by atoms with van der Waals surface area (Å²) >= 11 is 1.28. The Morgan fingerprint density at radius 3 is 2.68 bits per heavy atom. The third kappa shape index (κ3) is 2.80. The van der Waals surface area contributed by atoms with E-state index in [1.807, 2.05) is 17.5 Å². The van der Waals surface area contributed by atoms with Gasteiger partial charge in [-0.25, -0.2) is 9.37 Å². The number of amides is 1. The second-order valence-corrected chi connectivity index (χ2v) is 6.57. The Hall–Kier alpha value is -3.00. The largest absolute Gasteiger partial charge is 0.338 e. The van der Waals surface area contributed by atoms with Crippen LogP contribution in [0.15, 0.2) is 41.1 Å². The Morgan fingerprint density at radius 2 is 2.04 bits per heavy atom. The van der Waals surface area contributed by atoms with Gasteiger partial charge in [0.1, 0.15) is 10.7 Å². The average Bonchev–Trinajstić information content (AvgIpc) is 3.25. The van der Waals surface area contributed by atoms with Crippen LogP contribution in [-0.2, 0) is 0 Å². The number of aromatic nitrogens is 3. The maximum Gasteiger partial charge on any atom is 0.270 e. The molecule has 25 heavy (non-hydrogen) atoms. The quantitative estimate of drug-likeness (QED) is 0.601. The molecule has 0 atom stereocenters. The van der Waals surface area contributed by atoms with Gasteiger partial charge >= 0.3 is 0 Å². The summed E-state index contributed by atoms with van der Waals surface area (Å²) < 4.78 is 19.9. The molecule has 1 N–H and O–H groups in total. The maximum absolute atomic E-state index is 13.1. The standard InChI is InChI=1S/C17H13FN4O2S/c1-9-7-14(24-21-9)20-16(23)15-10(2)22-8-13(19-17(22)25-15)11-3-5-12(18)6-4-11/h3-8H,1-2H3,(H,20,23). The number of anilines is 1. The molecule has 8 heteroatoms. The van der Waals surface area contributed by atoms with Gasteiger partial charge in [0, 0.05) is 23.5 Å². The normalized spacial score (nSPS) is 11.2. The summed E-state index contributed by atoms with van der Waals surface area (Å²) in [5.74, 6) is -0.255. The average molecular weight is 356 g/mol.